The normalized spacial score (nSPS) is 10.5. The Hall–Kier alpha value is -10.2. The first-order valence-electron chi connectivity index (χ1n) is 31.9. The van der Waals surface area contributed by atoms with Crippen LogP contribution < -0.4 is 27.4 Å². The number of nitrogens with zero attached hydrogens (tertiary/aromatic N) is 6. The van der Waals surface area contributed by atoms with Crippen molar-refractivity contribution >= 4 is 0 Å². The summed E-state index contributed by atoms with van der Waals surface area (Å²) in [5.41, 5.74) is 25.8. The second kappa shape index (κ2) is 33.3. The van der Waals surface area contributed by atoms with Crippen LogP contribution in [0.3, 0.4) is 0 Å². The van der Waals surface area contributed by atoms with Gasteiger partial charge in [0.1, 0.15) is 42.3 Å². The lowest BCUT2D eigenvalue weighted by molar-refractivity contribution is -0.689. The highest BCUT2D eigenvalue weighted by molar-refractivity contribution is 5.65. The average Bonchev–Trinajstić information content (AvgIpc) is 0.842. The van der Waals surface area contributed by atoms with Gasteiger partial charge in [0, 0.05) is 88.0 Å². The van der Waals surface area contributed by atoms with Gasteiger partial charge in [-0.15, -0.1) is 13.2 Å². The molecular formula is C84H90F6N6+6. The van der Waals surface area contributed by atoms with Crippen molar-refractivity contribution in [1.82, 2.24) is 0 Å². The fraction of sp³-hybridized carbons (Fsp3) is 0.214. The Labute approximate surface area is 564 Å². The van der Waals surface area contributed by atoms with Gasteiger partial charge in [-0.1, -0.05) is 108 Å². The summed E-state index contributed by atoms with van der Waals surface area (Å²) in [6.45, 7) is 24.1. The highest BCUT2D eigenvalue weighted by Gasteiger charge is 2.21. The van der Waals surface area contributed by atoms with Gasteiger partial charge in [-0.05, 0) is 188 Å². The van der Waals surface area contributed by atoms with Gasteiger partial charge in [0.05, 0.1) is 0 Å². The number of aromatic nitrogens is 6. The van der Waals surface area contributed by atoms with Crippen molar-refractivity contribution in [1.29, 1.82) is 0 Å². The third-order valence-electron chi connectivity index (χ3n) is 16.8. The summed E-state index contributed by atoms with van der Waals surface area (Å²) in [7, 11) is 10.8. The lowest BCUT2D eigenvalue weighted by Gasteiger charge is -2.06. The lowest BCUT2D eigenvalue weighted by Crippen LogP contribution is -2.36. The van der Waals surface area contributed by atoms with Crippen LogP contribution in [-0.4, -0.2) is 0 Å². The molecule has 0 aliphatic carbocycles. The van der Waals surface area contributed by atoms with Crippen molar-refractivity contribution in [3.05, 3.63) is 321 Å². The molecule has 0 aliphatic rings. The molecule has 0 unspecified atom stereocenters. The fourth-order valence-corrected chi connectivity index (χ4v) is 11.4. The van der Waals surface area contributed by atoms with Gasteiger partial charge in [-0.25, -0.2) is 13.2 Å². The number of pyridine rings is 6. The molecule has 0 fully saturated rings. The number of rotatable bonds is 6. The van der Waals surface area contributed by atoms with Gasteiger partial charge in [0.25, 0.3) is 0 Å². The Morgan fingerprint density at radius 1 is 0.219 bits per heavy atom. The maximum absolute atomic E-state index is 13.7. The van der Waals surface area contributed by atoms with E-state index in [0.29, 0.717) is 5.56 Å². The molecule has 0 radical (unpaired) electrons. The molecule has 6 nitrogen and oxygen atoms in total. The first-order valence-corrected chi connectivity index (χ1v) is 31.9. The van der Waals surface area contributed by atoms with Crippen molar-refractivity contribution in [2.24, 2.45) is 42.3 Å². The summed E-state index contributed by atoms with van der Waals surface area (Å²) in [5.74, 6) is -1.23. The second-order valence-electron chi connectivity index (χ2n) is 24.8. The Morgan fingerprint density at radius 3 is 0.938 bits per heavy atom. The molecule has 0 saturated carbocycles. The molecule has 0 spiro atoms. The zero-order valence-electron chi connectivity index (χ0n) is 58.7. The summed E-state index contributed by atoms with van der Waals surface area (Å²) in [5, 5.41) is 0. The molecule has 0 bridgehead atoms. The number of aryl methyl sites for hydroxylation is 15. The van der Waals surface area contributed by atoms with Gasteiger partial charge in [0.2, 0.25) is 52.8 Å². The standard InChI is InChI=1S/C15H17FN.4C14H15FN.C13H13FN/c1-10-5-6-13(12(3)7-10)14-8-11(2)9-15(16)17(14)4;1-10-4-6-13(11(2)8-10)14-7-5-12(15)9-16(14)3;1-10-7-8-12(11(2)9-10)13-5-4-6-14(15)16(13)3;1-10-8-13(16(3)14(15)9-10)12-7-5-4-6-11(12)2;1-10-6-4-5-7-12(10)14-8-11(2)13(15)9-16(14)3;1-10-5-3-4-6-12(10)13-8-7-11(14)9-15(13)2/h5-9H,1-4H3;4*4-9H,1-3H3;3-9H,1-2H3/q6*+1. The highest BCUT2D eigenvalue weighted by Crippen LogP contribution is 2.27. The molecule has 12 heteroatoms. The van der Waals surface area contributed by atoms with Gasteiger partial charge >= 0.3 is 17.8 Å². The van der Waals surface area contributed by atoms with E-state index in [4.69, 9.17) is 0 Å². The summed E-state index contributed by atoms with van der Waals surface area (Å²) in [6.07, 6.45) is 4.51. The van der Waals surface area contributed by atoms with Crippen LogP contribution in [0.15, 0.2) is 219 Å². The number of hydrogen-bond acceptors (Lipinski definition) is 0. The SMILES string of the molecule is Cc1cc(-c2ccccc2C)[n+](C)cc1F.Cc1cc(F)[n+](C)c(-c2ccccc2C)c1.Cc1ccc(-c2cc(C)cc(F)[n+]2C)c(C)c1.Cc1ccc(-c2ccc(F)c[n+]2C)c(C)c1.Cc1ccc(-c2cccc(F)[n+]2C)c(C)c1.Cc1ccccc1-c1ccc(F)c[n+]1C. The van der Waals surface area contributed by atoms with Crippen molar-refractivity contribution in [2.75, 3.05) is 0 Å². The fourth-order valence-electron chi connectivity index (χ4n) is 11.4. The molecule has 6 aromatic carbocycles. The minimum absolute atomic E-state index is 0.167. The van der Waals surface area contributed by atoms with E-state index in [1.165, 1.54) is 81.3 Å². The van der Waals surface area contributed by atoms with Crippen molar-refractivity contribution in [3.63, 3.8) is 0 Å². The van der Waals surface area contributed by atoms with Crippen LogP contribution in [0.25, 0.3) is 67.5 Å². The van der Waals surface area contributed by atoms with Gasteiger partial charge in [0.15, 0.2) is 17.5 Å². The number of hydrogen-bond donors (Lipinski definition) is 0. The maximum atomic E-state index is 13.7. The number of benzene rings is 6. The third kappa shape index (κ3) is 19.0. The first kappa shape index (κ1) is 73.2. The van der Waals surface area contributed by atoms with E-state index in [2.05, 4.69) is 109 Å². The topological polar surface area (TPSA) is 23.3 Å². The molecule has 12 aromatic rings. The van der Waals surface area contributed by atoms with Crippen LogP contribution in [0.1, 0.15) is 66.8 Å². The van der Waals surface area contributed by atoms with Gasteiger partial charge in [-0.2, -0.15) is 27.4 Å². The minimum atomic E-state index is -0.225. The van der Waals surface area contributed by atoms with Crippen LogP contribution >= 0.6 is 0 Å². The quantitative estimate of drug-likeness (QED) is 0.0900. The Balaban J connectivity index is 0.000000163. The molecule has 12 rings (SSSR count). The Kier molecular flexibility index (Phi) is 25.4. The molecule has 0 N–H and O–H groups in total. The highest BCUT2D eigenvalue weighted by atomic mass is 19.1. The monoisotopic (exact) mass is 1300 g/mol. The molecule has 0 amide bonds. The summed E-state index contributed by atoms with van der Waals surface area (Å²) >= 11 is 0. The first-order chi connectivity index (χ1) is 45.5. The molecule has 6 heterocycles. The molecular weight excluding hydrogens is 1210 g/mol. The van der Waals surface area contributed by atoms with Crippen molar-refractivity contribution < 1.29 is 53.7 Å². The van der Waals surface area contributed by atoms with Gasteiger partial charge in [-0.3, -0.25) is 0 Å². The molecule has 0 saturated heterocycles. The maximum Gasteiger partial charge on any atom is 0.360 e. The van der Waals surface area contributed by atoms with Crippen LogP contribution in [-0.2, 0) is 42.3 Å². The smallest absolute Gasteiger partial charge is 0.200 e. The predicted octanol–water partition coefficient (Wildman–Crippen LogP) is 17.6. The predicted molar refractivity (Wildman–Crippen MR) is 375 cm³/mol. The van der Waals surface area contributed by atoms with Crippen molar-refractivity contribution in [2.45, 2.75) is 83.1 Å². The minimum Gasteiger partial charge on any atom is -0.200 e. The summed E-state index contributed by atoms with van der Waals surface area (Å²) < 4.78 is 90.2. The van der Waals surface area contributed by atoms with E-state index in [-0.39, 0.29) is 35.3 Å². The summed E-state index contributed by atoms with van der Waals surface area (Å²) in [6, 6.07) is 63.7. The van der Waals surface area contributed by atoms with E-state index in [1.807, 2.05) is 155 Å². The largest absolute Gasteiger partial charge is 0.360 e. The van der Waals surface area contributed by atoms with Crippen LogP contribution in [0.5, 0.6) is 0 Å². The van der Waals surface area contributed by atoms with Crippen molar-refractivity contribution in [3.8, 4) is 67.5 Å². The Morgan fingerprint density at radius 2 is 0.552 bits per heavy atom. The summed E-state index contributed by atoms with van der Waals surface area (Å²) in [4.78, 5) is 0. The number of halogens is 6. The zero-order chi connectivity index (χ0) is 70.2. The molecule has 492 valence electrons. The van der Waals surface area contributed by atoms with E-state index in [0.717, 1.165) is 84.2 Å². The van der Waals surface area contributed by atoms with Crippen LogP contribution in [0.2, 0.25) is 0 Å². The van der Waals surface area contributed by atoms with E-state index >= 15 is 0 Å². The molecule has 96 heavy (non-hydrogen) atoms. The zero-order valence-corrected chi connectivity index (χ0v) is 58.7. The van der Waals surface area contributed by atoms with Crippen LogP contribution in [0.4, 0.5) is 26.3 Å². The van der Waals surface area contributed by atoms with Crippen LogP contribution in [0, 0.1) is 118 Å². The Bertz CT molecular complexity index is 4680. The van der Waals surface area contributed by atoms with E-state index in [1.54, 1.807) is 70.6 Å². The lowest BCUT2D eigenvalue weighted by atomic mass is 10.0. The van der Waals surface area contributed by atoms with E-state index in [9.17, 15) is 26.3 Å². The average molecular weight is 1300 g/mol. The molecule has 0 atom stereocenters. The molecule has 0 aliphatic heterocycles. The molecule has 6 aromatic heterocycles. The second-order valence-corrected chi connectivity index (χ2v) is 24.8. The van der Waals surface area contributed by atoms with E-state index < -0.39 is 0 Å². The van der Waals surface area contributed by atoms with Gasteiger partial charge < -0.3 is 0 Å². The third-order valence-corrected chi connectivity index (χ3v) is 16.8.